The Balaban J connectivity index is 3.30. The minimum Gasteiger partial charge on any atom is -0.223 e. The molecule has 1 atom stereocenters. The molecule has 0 amide bonds. The first-order valence-corrected chi connectivity index (χ1v) is 8.48. The minimum atomic E-state index is -3.22. The van der Waals surface area contributed by atoms with Crippen molar-refractivity contribution in [1.29, 1.82) is 0 Å². The molecular formula is C16H24O2S. The summed E-state index contributed by atoms with van der Waals surface area (Å²) in [4.78, 5) is 0.474. The van der Waals surface area contributed by atoms with Crippen LogP contribution >= 0.6 is 0 Å². The van der Waals surface area contributed by atoms with Crippen molar-refractivity contribution in [2.45, 2.75) is 56.6 Å². The molecule has 1 aromatic rings. The molecule has 0 bridgehead atoms. The summed E-state index contributed by atoms with van der Waals surface area (Å²) in [6, 6.07) is 5.72. The van der Waals surface area contributed by atoms with Gasteiger partial charge in [-0.2, -0.15) is 0 Å². The number of benzene rings is 1. The van der Waals surface area contributed by atoms with E-state index in [4.69, 9.17) is 0 Å². The van der Waals surface area contributed by atoms with Crippen molar-refractivity contribution in [3.8, 4) is 0 Å². The smallest absolute Gasteiger partial charge is 0.181 e. The highest BCUT2D eigenvalue weighted by Gasteiger charge is 2.24. The number of hydrogen-bond donors (Lipinski definition) is 0. The third-order valence-electron chi connectivity index (χ3n) is 3.44. The van der Waals surface area contributed by atoms with Crippen molar-refractivity contribution in [3.05, 3.63) is 42.0 Å². The first-order valence-electron chi connectivity index (χ1n) is 6.93. The van der Waals surface area contributed by atoms with E-state index < -0.39 is 9.84 Å². The predicted molar refractivity (Wildman–Crippen MR) is 81.3 cm³/mol. The maximum absolute atomic E-state index is 12.5. The largest absolute Gasteiger partial charge is 0.223 e. The van der Waals surface area contributed by atoms with Gasteiger partial charge in [-0.1, -0.05) is 38.5 Å². The van der Waals surface area contributed by atoms with Crippen LogP contribution in [-0.2, 0) is 22.7 Å². The van der Waals surface area contributed by atoms with Crippen LogP contribution in [0.15, 0.2) is 35.7 Å². The van der Waals surface area contributed by atoms with Crippen LogP contribution < -0.4 is 0 Å². The van der Waals surface area contributed by atoms with Gasteiger partial charge in [-0.15, -0.1) is 6.58 Å². The normalized spacial score (nSPS) is 13.2. The third kappa shape index (κ3) is 3.69. The molecule has 0 aliphatic carbocycles. The van der Waals surface area contributed by atoms with Gasteiger partial charge in [0.05, 0.1) is 10.1 Å². The molecule has 0 aliphatic heterocycles. The molecule has 1 aromatic carbocycles. The molecule has 0 aromatic heterocycles. The second kappa shape index (κ2) is 6.90. The Morgan fingerprint density at radius 3 is 2.53 bits per heavy atom. The van der Waals surface area contributed by atoms with Gasteiger partial charge in [0.1, 0.15) is 0 Å². The van der Waals surface area contributed by atoms with E-state index in [0.29, 0.717) is 17.7 Å². The lowest BCUT2D eigenvalue weighted by atomic mass is 10.0. The second-order valence-corrected chi connectivity index (χ2v) is 7.28. The summed E-state index contributed by atoms with van der Waals surface area (Å²) < 4.78 is 25.0. The van der Waals surface area contributed by atoms with E-state index in [-0.39, 0.29) is 5.25 Å². The molecule has 0 saturated carbocycles. The molecule has 1 rings (SSSR count). The molecule has 0 radical (unpaired) electrons. The maximum atomic E-state index is 12.5. The summed E-state index contributed by atoms with van der Waals surface area (Å²) in [7, 11) is -3.22. The van der Waals surface area contributed by atoms with Crippen molar-refractivity contribution < 1.29 is 8.42 Å². The van der Waals surface area contributed by atoms with Crippen LogP contribution in [0, 0.1) is 0 Å². The quantitative estimate of drug-likeness (QED) is 0.709. The zero-order valence-electron chi connectivity index (χ0n) is 12.1. The Kier molecular flexibility index (Phi) is 5.80. The van der Waals surface area contributed by atoms with Gasteiger partial charge in [0.25, 0.3) is 0 Å². The average Bonchev–Trinajstić information content (AvgIpc) is 2.38. The number of hydrogen-bond acceptors (Lipinski definition) is 2. The van der Waals surface area contributed by atoms with Gasteiger partial charge in [0.2, 0.25) is 0 Å². The van der Waals surface area contributed by atoms with Crippen LogP contribution in [0.3, 0.4) is 0 Å². The highest BCUT2D eigenvalue weighted by molar-refractivity contribution is 7.92. The van der Waals surface area contributed by atoms with E-state index >= 15 is 0 Å². The fraction of sp³-hybridized carbons (Fsp3) is 0.500. The lowest BCUT2D eigenvalue weighted by molar-refractivity contribution is 0.580. The van der Waals surface area contributed by atoms with Crippen LogP contribution in [0.5, 0.6) is 0 Å². The third-order valence-corrected chi connectivity index (χ3v) is 5.84. The molecule has 1 unspecified atom stereocenters. The van der Waals surface area contributed by atoms with Crippen LogP contribution in [0.1, 0.15) is 44.7 Å². The van der Waals surface area contributed by atoms with Crippen LogP contribution in [-0.4, -0.2) is 13.7 Å². The molecular weight excluding hydrogens is 256 g/mol. The molecule has 0 N–H and O–H groups in total. The number of sulfone groups is 1. The zero-order valence-corrected chi connectivity index (χ0v) is 13.0. The minimum absolute atomic E-state index is 0.340. The van der Waals surface area contributed by atoms with E-state index in [9.17, 15) is 8.42 Å². The summed E-state index contributed by atoms with van der Waals surface area (Å²) in [6.07, 6.45) is 5.04. The Hall–Kier alpha value is -1.09. The van der Waals surface area contributed by atoms with Crippen LogP contribution in [0.4, 0.5) is 0 Å². The second-order valence-electron chi connectivity index (χ2n) is 4.95. The Labute approximate surface area is 117 Å². The van der Waals surface area contributed by atoms with Gasteiger partial charge >= 0.3 is 0 Å². The van der Waals surface area contributed by atoms with Gasteiger partial charge in [0.15, 0.2) is 9.84 Å². The molecule has 19 heavy (non-hydrogen) atoms. The molecule has 0 fully saturated rings. The highest BCUT2D eigenvalue weighted by atomic mass is 32.2. The highest BCUT2D eigenvalue weighted by Crippen LogP contribution is 2.24. The van der Waals surface area contributed by atoms with Crippen LogP contribution in [0.25, 0.3) is 0 Å². The van der Waals surface area contributed by atoms with Crippen molar-refractivity contribution in [2.24, 2.45) is 0 Å². The fourth-order valence-electron chi connectivity index (χ4n) is 2.11. The molecule has 0 heterocycles. The molecule has 0 aliphatic rings. The van der Waals surface area contributed by atoms with Gasteiger partial charge in [-0.05, 0) is 43.4 Å². The Bertz CT molecular complexity index is 530. The summed E-state index contributed by atoms with van der Waals surface area (Å²) in [5, 5.41) is -0.340. The van der Waals surface area contributed by atoms with E-state index in [2.05, 4.69) is 13.5 Å². The molecule has 3 heteroatoms. The van der Waals surface area contributed by atoms with Gasteiger partial charge in [-0.3, -0.25) is 0 Å². The maximum Gasteiger partial charge on any atom is 0.181 e. The molecule has 2 nitrogen and oxygen atoms in total. The lowest BCUT2D eigenvalue weighted by Crippen LogP contribution is -2.18. The summed E-state index contributed by atoms with van der Waals surface area (Å²) >= 11 is 0. The monoisotopic (exact) mass is 280 g/mol. The predicted octanol–water partition coefficient (Wildman–Crippen LogP) is 3.94. The number of rotatable bonds is 7. The van der Waals surface area contributed by atoms with E-state index in [1.807, 2.05) is 19.1 Å². The van der Waals surface area contributed by atoms with Crippen molar-refractivity contribution in [1.82, 2.24) is 0 Å². The van der Waals surface area contributed by atoms with E-state index in [1.54, 1.807) is 19.1 Å². The van der Waals surface area contributed by atoms with Crippen LogP contribution in [0.2, 0.25) is 0 Å². The topological polar surface area (TPSA) is 34.1 Å². The number of aryl methyl sites for hydroxylation is 1. The van der Waals surface area contributed by atoms with Gasteiger partial charge in [-0.25, -0.2) is 8.42 Å². The van der Waals surface area contributed by atoms with E-state index in [1.165, 1.54) is 5.56 Å². The molecule has 106 valence electrons. The average molecular weight is 280 g/mol. The number of allylic oxidation sites excluding steroid dienone is 1. The van der Waals surface area contributed by atoms with Crippen molar-refractivity contribution in [3.63, 3.8) is 0 Å². The zero-order chi connectivity index (χ0) is 14.5. The lowest BCUT2D eigenvalue weighted by Gasteiger charge is -2.15. The first kappa shape index (κ1) is 16.0. The fourth-order valence-corrected chi connectivity index (χ4v) is 3.74. The summed E-state index contributed by atoms with van der Waals surface area (Å²) in [6.45, 7) is 9.52. The Morgan fingerprint density at radius 2 is 2.00 bits per heavy atom. The van der Waals surface area contributed by atoms with Gasteiger partial charge < -0.3 is 0 Å². The standard InChI is InChI=1S/C16H24O2S/c1-5-8-14-10-11-16(15(12-14)9-6-2)19(17,18)13(4)7-3/h6,10-13H,2,5,7-9H2,1,3-4H3. The van der Waals surface area contributed by atoms with Crippen molar-refractivity contribution >= 4 is 9.84 Å². The van der Waals surface area contributed by atoms with Crippen molar-refractivity contribution in [2.75, 3.05) is 0 Å². The molecule has 0 spiro atoms. The summed E-state index contributed by atoms with van der Waals surface area (Å²) in [5.74, 6) is 0. The molecule has 0 saturated heterocycles. The van der Waals surface area contributed by atoms with Gasteiger partial charge in [0, 0.05) is 0 Å². The Morgan fingerprint density at radius 1 is 1.32 bits per heavy atom. The first-order chi connectivity index (χ1) is 8.97. The SMILES string of the molecule is C=CCc1cc(CCC)ccc1S(=O)(=O)C(C)CC. The van der Waals surface area contributed by atoms with E-state index in [0.717, 1.165) is 18.4 Å². The summed E-state index contributed by atoms with van der Waals surface area (Å²) in [5.41, 5.74) is 2.07.